The van der Waals surface area contributed by atoms with Gasteiger partial charge in [0.15, 0.2) is 18.2 Å². The number of nitrogens with zero attached hydrogens (tertiary/aromatic N) is 1. The van der Waals surface area contributed by atoms with Gasteiger partial charge in [0, 0.05) is 24.2 Å². The van der Waals surface area contributed by atoms with E-state index in [-0.39, 0.29) is 29.1 Å². The van der Waals surface area contributed by atoms with Crippen molar-refractivity contribution in [1.29, 1.82) is 0 Å². The number of aryl methyl sites for hydroxylation is 1. The van der Waals surface area contributed by atoms with E-state index in [9.17, 15) is 19.2 Å². The van der Waals surface area contributed by atoms with Crippen molar-refractivity contribution in [2.24, 2.45) is 0 Å². The fourth-order valence-corrected chi connectivity index (χ4v) is 2.65. The lowest BCUT2D eigenvalue weighted by atomic mass is 10.1. The molecule has 9 nitrogen and oxygen atoms in total. The fraction of sp³-hybridized carbons (Fsp3) is 0.278. The smallest absolute Gasteiger partial charge is 0.316 e. The first kappa shape index (κ1) is 21.2. The molecule has 0 fully saturated rings. The van der Waals surface area contributed by atoms with Crippen molar-refractivity contribution < 1.29 is 28.4 Å². The van der Waals surface area contributed by atoms with Crippen LogP contribution in [0.5, 0.6) is 0 Å². The Hall–Kier alpha value is -3.14. The van der Waals surface area contributed by atoms with Gasteiger partial charge in [0.2, 0.25) is 11.8 Å². The Morgan fingerprint density at radius 1 is 1.11 bits per heavy atom. The Morgan fingerprint density at radius 3 is 2.43 bits per heavy atom. The summed E-state index contributed by atoms with van der Waals surface area (Å²) in [6.45, 7) is 2.69. The summed E-state index contributed by atoms with van der Waals surface area (Å²) in [4.78, 5) is 46.4. The second-order valence-electron chi connectivity index (χ2n) is 5.71. The molecule has 0 aliphatic carbocycles. The first-order chi connectivity index (χ1) is 13.3. The van der Waals surface area contributed by atoms with E-state index < -0.39 is 12.6 Å². The molecule has 10 heteroatoms. The van der Waals surface area contributed by atoms with Gasteiger partial charge < -0.3 is 19.9 Å². The monoisotopic (exact) mass is 405 g/mol. The number of Topliss-reactive ketones (excluding diaryl/α,β-unsaturated/α-hetero) is 1. The lowest BCUT2D eigenvalue weighted by Crippen LogP contribution is -2.18. The van der Waals surface area contributed by atoms with Crippen molar-refractivity contribution in [1.82, 2.24) is 5.16 Å². The second-order valence-corrected chi connectivity index (χ2v) is 6.69. The predicted octanol–water partition coefficient (Wildman–Crippen LogP) is 2.04. The summed E-state index contributed by atoms with van der Waals surface area (Å²) in [6.07, 6.45) is 0. The Kier molecular flexibility index (Phi) is 7.76. The minimum absolute atomic E-state index is 0.0273. The third-order valence-electron chi connectivity index (χ3n) is 3.24. The molecule has 1 aromatic carbocycles. The van der Waals surface area contributed by atoms with Crippen LogP contribution in [0.1, 0.15) is 23.0 Å². The first-order valence-electron chi connectivity index (χ1n) is 8.21. The number of carbonyl (C=O) groups is 4. The number of nitrogens with one attached hydrogen (secondary N) is 2. The summed E-state index contributed by atoms with van der Waals surface area (Å²) in [6, 6.07) is 7.81. The summed E-state index contributed by atoms with van der Waals surface area (Å²) in [7, 11) is 0. The maximum absolute atomic E-state index is 12.0. The number of esters is 1. The summed E-state index contributed by atoms with van der Waals surface area (Å²) >= 11 is 1.05. The third-order valence-corrected chi connectivity index (χ3v) is 4.15. The average molecular weight is 405 g/mol. The van der Waals surface area contributed by atoms with Gasteiger partial charge in [-0.2, -0.15) is 0 Å². The number of ether oxygens (including phenoxy) is 1. The number of anilines is 2. The van der Waals surface area contributed by atoms with Gasteiger partial charge in [-0.1, -0.05) is 5.16 Å². The summed E-state index contributed by atoms with van der Waals surface area (Å²) < 4.78 is 9.74. The van der Waals surface area contributed by atoms with Crippen molar-refractivity contribution in [2.75, 3.05) is 28.7 Å². The predicted molar refractivity (Wildman–Crippen MR) is 103 cm³/mol. The molecule has 0 saturated heterocycles. The van der Waals surface area contributed by atoms with Crippen LogP contribution in [0.4, 0.5) is 11.5 Å². The number of amides is 2. The molecule has 2 N–H and O–H groups in total. The number of hydrogen-bond donors (Lipinski definition) is 2. The summed E-state index contributed by atoms with van der Waals surface area (Å²) in [5.74, 6) is -0.678. The van der Waals surface area contributed by atoms with Crippen molar-refractivity contribution >= 4 is 46.8 Å². The van der Waals surface area contributed by atoms with Gasteiger partial charge in [0.1, 0.15) is 5.76 Å². The molecule has 28 heavy (non-hydrogen) atoms. The van der Waals surface area contributed by atoms with Crippen molar-refractivity contribution in [3.8, 4) is 0 Å². The van der Waals surface area contributed by atoms with Crippen LogP contribution >= 0.6 is 11.8 Å². The Morgan fingerprint density at radius 2 is 1.82 bits per heavy atom. The van der Waals surface area contributed by atoms with Crippen molar-refractivity contribution in [3.05, 3.63) is 41.7 Å². The highest BCUT2D eigenvalue weighted by Crippen LogP contribution is 2.11. The number of ketones is 1. The van der Waals surface area contributed by atoms with Crippen LogP contribution in [0.25, 0.3) is 0 Å². The highest BCUT2D eigenvalue weighted by molar-refractivity contribution is 8.00. The lowest BCUT2D eigenvalue weighted by Gasteiger charge is -2.06. The first-order valence-corrected chi connectivity index (χ1v) is 9.36. The highest BCUT2D eigenvalue weighted by Gasteiger charge is 2.12. The van der Waals surface area contributed by atoms with Crippen LogP contribution in [-0.4, -0.2) is 46.8 Å². The number of rotatable bonds is 9. The minimum Gasteiger partial charge on any atom is -0.457 e. The largest absolute Gasteiger partial charge is 0.457 e. The van der Waals surface area contributed by atoms with Crippen LogP contribution in [-0.2, 0) is 19.1 Å². The molecule has 0 radical (unpaired) electrons. The van der Waals surface area contributed by atoms with E-state index in [4.69, 9.17) is 9.26 Å². The lowest BCUT2D eigenvalue weighted by molar-refractivity contribution is -0.139. The average Bonchev–Trinajstić information content (AvgIpc) is 3.04. The molecule has 1 heterocycles. The topological polar surface area (TPSA) is 128 Å². The Labute approximate surface area is 165 Å². The fourth-order valence-electron chi connectivity index (χ4n) is 2.05. The third kappa shape index (κ3) is 7.23. The zero-order valence-corrected chi connectivity index (χ0v) is 16.1. The van der Waals surface area contributed by atoms with Gasteiger partial charge in [-0.3, -0.25) is 19.2 Å². The Bertz CT molecular complexity index is 862. The number of aromatic nitrogens is 1. The molecule has 0 unspecified atom stereocenters. The van der Waals surface area contributed by atoms with Gasteiger partial charge in [-0.05, 0) is 31.2 Å². The molecule has 0 atom stereocenters. The van der Waals surface area contributed by atoms with E-state index in [0.717, 1.165) is 11.8 Å². The van der Waals surface area contributed by atoms with E-state index in [1.165, 1.54) is 19.1 Å². The van der Waals surface area contributed by atoms with Crippen LogP contribution < -0.4 is 10.6 Å². The molecule has 0 bridgehead atoms. The second kappa shape index (κ2) is 10.3. The van der Waals surface area contributed by atoms with Crippen molar-refractivity contribution in [2.45, 2.75) is 13.8 Å². The Balaban J connectivity index is 1.66. The van der Waals surface area contributed by atoms with E-state index in [1.54, 1.807) is 25.1 Å². The number of benzene rings is 1. The summed E-state index contributed by atoms with van der Waals surface area (Å²) in [5.41, 5.74) is 0.924. The van der Waals surface area contributed by atoms with Crippen LogP contribution in [0, 0.1) is 6.92 Å². The number of carbonyl (C=O) groups excluding carboxylic acids is 4. The molecule has 1 aromatic heterocycles. The van der Waals surface area contributed by atoms with E-state index in [0.29, 0.717) is 22.8 Å². The molecular weight excluding hydrogens is 386 g/mol. The van der Waals surface area contributed by atoms with Gasteiger partial charge in [0.25, 0.3) is 0 Å². The maximum Gasteiger partial charge on any atom is 0.316 e. The van der Waals surface area contributed by atoms with E-state index >= 15 is 0 Å². The standard InChI is InChI=1S/C18H19N3O6S/c1-11-7-16(21-27-11)20-17(24)9-28-10-18(25)26-8-15(23)13-3-5-14(6-4-13)19-12(2)22/h3-7H,8-10H2,1-2H3,(H,19,22)(H,20,21,24). The van der Waals surface area contributed by atoms with Crippen molar-refractivity contribution in [3.63, 3.8) is 0 Å². The molecule has 2 rings (SSSR count). The molecule has 0 aliphatic heterocycles. The molecular formula is C18H19N3O6S. The van der Waals surface area contributed by atoms with Crippen LogP contribution in [0.2, 0.25) is 0 Å². The summed E-state index contributed by atoms with van der Waals surface area (Å²) in [5, 5.41) is 8.75. The molecule has 2 amide bonds. The number of thioether (sulfide) groups is 1. The maximum atomic E-state index is 12.0. The zero-order chi connectivity index (χ0) is 20.5. The normalized spacial score (nSPS) is 10.2. The molecule has 2 aromatic rings. The zero-order valence-electron chi connectivity index (χ0n) is 15.3. The highest BCUT2D eigenvalue weighted by atomic mass is 32.2. The van der Waals surface area contributed by atoms with Gasteiger partial charge in [-0.15, -0.1) is 11.8 Å². The molecule has 0 saturated carbocycles. The quantitative estimate of drug-likeness (QED) is 0.479. The van der Waals surface area contributed by atoms with Gasteiger partial charge in [0.05, 0.1) is 11.5 Å². The number of hydrogen-bond acceptors (Lipinski definition) is 8. The molecule has 0 aliphatic rings. The van der Waals surface area contributed by atoms with E-state index in [2.05, 4.69) is 15.8 Å². The molecule has 148 valence electrons. The van der Waals surface area contributed by atoms with Gasteiger partial charge in [-0.25, -0.2) is 0 Å². The SMILES string of the molecule is CC(=O)Nc1ccc(C(=O)COC(=O)CSCC(=O)Nc2cc(C)on2)cc1. The van der Waals surface area contributed by atoms with E-state index in [1.807, 2.05) is 0 Å². The van der Waals surface area contributed by atoms with Gasteiger partial charge >= 0.3 is 5.97 Å². The van der Waals surface area contributed by atoms with Crippen LogP contribution in [0.15, 0.2) is 34.9 Å². The molecule has 0 spiro atoms. The minimum atomic E-state index is -0.599. The van der Waals surface area contributed by atoms with Crippen LogP contribution in [0.3, 0.4) is 0 Å².